The van der Waals surface area contributed by atoms with E-state index in [-0.39, 0.29) is 15.5 Å². The van der Waals surface area contributed by atoms with E-state index in [1.165, 1.54) is 42.7 Å². The molecule has 202 valence electrons. The van der Waals surface area contributed by atoms with E-state index < -0.39 is 8.07 Å². The molecule has 3 heteroatoms. The Hall–Kier alpha value is -2.75. The molecule has 5 aromatic rings. The second-order valence-corrected chi connectivity index (χ2v) is 21.2. The lowest BCUT2D eigenvalue weighted by atomic mass is 9.82. The van der Waals surface area contributed by atoms with Gasteiger partial charge in [0.05, 0.1) is 10.4 Å². The quantitative estimate of drug-likeness (QED) is 0.204. The normalized spacial score (nSPS) is 13.4. The van der Waals surface area contributed by atoms with Crippen LogP contribution >= 0.6 is 11.3 Å². The molecular weight excluding hydrogens is 507 g/mol. The lowest BCUT2D eigenvalue weighted by Gasteiger charge is -2.52. The van der Waals surface area contributed by atoms with Crippen molar-refractivity contribution in [2.75, 3.05) is 0 Å². The maximum atomic E-state index is 5.07. The van der Waals surface area contributed by atoms with Gasteiger partial charge in [-0.15, -0.1) is 11.3 Å². The summed E-state index contributed by atoms with van der Waals surface area (Å²) in [5.41, 5.74) is 5.18. The van der Waals surface area contributed by atoms with Gasteiger partial charge >= 0.3 is 0 Å². The first-order valence-electron chi connectivity index (χ1n) is 14.2. The van der Waals surface area contributed by atoms with Gasteiger partial charge in [0.15, 0.2) is 0 Å². The molecular formula is C36H43NSSi. The number of pyridine rings is 1. The molecule has 0 aliphatic carbocycles. The lowest BCUT2D eigenvalue weighted by Crippen LogP contribution is -2.69. The molecule has 3 aromatic carbocycles. The van der Waals surface area contributed by atoms with Crippen LogP contribution in [0, 0.1) is 6.92 Å². The standard InChI is InChI=1S/C36H43NSSi/c1-24-28-20-21-37-31(26-22-25-16-14-15-19-29(25)30(23-26)34(2,3)4)32(28)38-33(24)39(35(5,6)7,36(8,9)10)27-17-12-11-13-18-27/h11-23H,1-10H3. The van der Waals surface area contributed by atoms with E-state index in [9.17, 15) is 0 Å². The molecule has 1 nitrogen and oxygen atoms in total. The number of aryl methyl sites for hydroxylation is 1. The SMILES string of the molecule is Cc1c([Si](c2ccccc2)(C(C)(C)C)C(C)(C)C)sc2c(-c3cc(C(C)(C)C)c4ccccc4c3)nccc12. The van der Waals surface area contributed by atoms with E-state index in [0.717, 1.165) is 5.69 Å². The monoisotopic (exact) mass is 549 g/mol. The topological polar surface area (TPSA) is 12.9 Å². The molecule has 0 N–H and O–H groups in total. The third kappa shape index (κ3) is 4.39. The highest BCUT2D eigenvalue weighted by Gasteiger charge is 2.57. The Balaban J connectivity index is 1.87. The summed E-state index contributed by atoms with van der Waals surface area (Å²) in [4.78, 5) is 5.07. The highest BCUT2D eigenvalue weighted by molar-refractivity contribution is 7.35. The van der Waals surface area contributed by atoms with E-state index in [1.54, 1.807) is 4.50 Å². The molecule has 39 heavy (non-hydrogen) atoms. The highest BCUT2D eigenvalue weighted by Crippen LogP contribution is 2.52. The smallest absolute Gasteiger partial charge is 0.141 e. The Morgan fingerprint density at radius 3 is 1.92 bits per heavy atom. The van der Waals surface area contributed by atoms with Crippen molar-refractivity contribution in [1.29, 1.82) is 0 Å². The number of nitrogens with zero attached hydrogens (tertiary/aromatic N) is 1. The van der Waals surface area contributed by atoms with Gasteiger partial charge in [-0.3, -0.25) is 4.98 Å². The fourth-order valence-electron chi connectivity index (χ4n) is 7.27. The summed E-state index contributed by atoms with van der Waals surface area (Å²) in [5.74, 6) is 0. The van der Waals surface area contributed by atoms with Crippen LogP contribution in [-0.4, -0.2) is 13.1 Å². The van der Waals surface area contributed by atoms with E-state index in [0.29, 0.717) is 0 Å². The molecule has 0 amide bonds. The van der Waals surface area contributed by atoms with Crippen LogP contribution in [0.3, 0.4) is 0 Å². The summed E-state index contributed by atoms with van der Waals surface area (Å²) in [5, 5.41) is 5.73. The number of fused-ring (bicyclic) bond motifs is 2. The molecule has 0 saturated carbocycles. The van der Waals surface area contributed by atoms with Crippen molar-refractivity contribution in [3.63, 3.8) is 0 Å². The second-order valence-electron chi connectivity index (χ2n) is 14.2. The molecule has 2 aromatic heterocycles. The minimum atomic E-state index is -2.30. The van der Waals surface area contributed by atoms with Crippen LogP contribution in [0.25, 0.3) is 32.1 Å². The predicted octanol–water partition coefficient (Wildman–Crippen LogP) is 9.89. The molecule has 0 saturated heterocycles. The summed E-state index contributed by atoms with van der Waals surface area (Å²) < 4.78 is 2.91. The molecule has 0 atom stereocenters. The minimum Gasteiger partial charge on any atom is -0.255 e. The first-order chi connectivity index (χ1) is 18.2. The first-order valence-corrected chi connectivity index (χ1v) is 17.0. The number of aromatic nitrogens is 1. The average Bonchev–Trinajstić information content (AvgIpc) is 3.18. The largest absolute Gasteiger partial charge is 0.255 e. The molecule has 5 rings (SSSR count). The van der Waals surface area contributed by atoms with Crippen LogP contribution in [0.4, 0.5) is 0 Å². The average molecular weight is 550 g/mol. The molecule has 2 heterocycles. The Labute approximate surface area is 240 Å². The van der Waals surface area contributed by atoms with Crippen LogP contribution in [0.1, 0.15) is 73.4 Å². The summed E-state index contributed by atoms with van der Waals surface area (Å²) in [6, 6.07) is 27.2. The number of hydrogen-bond donors (Lipinski definition) is 0. The third-order valence-electron chi connectivity index (χ3n) is 8.59. The van der Waals surface area contributed by atoms with Crippen molar-refractivity contribution < 1.29 is 0 Å². The Morgan fingerprint density at radius 2 is 1.31 bits per heavy atom. The molecule has 0 spiro atoms. The van der Waals surface area contributed by atoms with Crippen LogP contribution in [0.2, 0.25) is 10.1 Å². The number of hydrogen-bond acceptors (Lipinski definition) is 2. The van der Waals surface area contributed by atoms with E-state index in [2.05, 4.69) is 142 Å². The predicted molar refractivity (Wildman–Crippen MR) is 177 cm³/mol. The Bertz CT molecular complexity index is 1640. The van der Waals surface area contributed by atoms with Crippen LogP contribution in [0.5, 0.6) is 0 Å². The zero-order valence-electron chi connectivity index (χ0n) is 25.4. The van der Waals surface area contributed by atoms with E-state index >= 15 is 0 Å². The molecule has 0 aliphatic heterocycles. The van der Waals surface area contributed by atoms with Crippen molar-refractivity contribution in [2.45, 2.75) is 84.7 Å². The van der Waals surface area contributed by atoms with Crippen LogP contribution in [0.15, 0.2) is 79.0 Å². The Kier molecular flexibility index (Phi) is 6.71. The summed E-state index contributed by atoms with van der Waals surface area (Å²) in [6.45, 7) is 24.1. The zero-order chi connectivity index (χ0) is 28.4. The minimum absolute atomic E-state index is 0.0356. The number of thiophene rings is 1. The first kappa shape index (κ1) is 27.8. The van der Waals surface area contributed by atoms with Gasteiger partial charge in [-0.1, -0.05) is 122 Å². The third-order valence-corrected chi connectivity index (χ3v) is 17.7. The van der Waals surface area contributed by atoms with Crippen molar-refractivity contribution in [3.05, 3.63) is 90.1 Å². The lowest BCUT2D eigenvalue weighted by molar-refractivity contribution is 0.596. The maximum Gasteiger partial charge on any atom is 0.141 e. The van der Waals surface area contributed by atoms with Crippen LogP contribution in [-0.2, 0) is 5.41 Å². The molecule has 0 aliphatic rings. The molecule has 0 unspecified atom stereocenters. The fourth-order valence-corrected chi connectivity index (χ4v) is 18.4. The van der Waals surface area contributed by atoms with Gasteiger partial charge in [0, 0.05) is 16.3 Å². The van der Waals surface area contributed by atoms with E-state index in [1.807, 2.05) is 17.5 Å². The van der Waals surface area contributed by atoms with E-state index in [4.69, 9.17) is 4.98 Å². The number of rotatable bonds is 3. The Morgan fingerprint density at radius 1 is 0.692 bits per heavy atom. The van der Waals surface area contributed by atoms with Gasteiger partial charge in [0.25, 0.3) is 0 Å². The summed E-state index contributed by atoms with van der Waals surface area (Å²) in [7, 11) is -2.30. The van der Waals surface area contributed by atoms with Gasteiger partial charge in [0.1, 0.15) is 8.07 Å². The van der Waals surface area contributed by atoms with Gasteiger partial charge in [-0.25, -0.2) is 0 Å². The molecule has 0 fully saturated rings. The number of benzene rings is 3. The molecule has 0 bridgehead atoms. The fraction of sp³-hybridized carbons (Fsp3) is 0.361. The summed E-state index contributed by atoms with van der Waals surface area (Å²) in [6.07, 6.45) is 2.02. The molecule has 0 radical (unpaired) electrons. The van der Waals surface area contributed by atoms with Crippen molar-refractivity contribution >= 4 is 50.0 Å². The van der Waals surface area contributed by atoms with Crippen molar-refractivity contribution in [2.24, 2.45) is 0 Å². The van der Waals surface area contributed by atoms with Crippen LogP contribution < -0.4 is 9.69 Å². The highest BCUT2D eigenvalue weighted by atomic mass is 32.1. The summed E-state index contributed by atoms with van der Waals surface area (Å²) >= 11 is 2.02. The zero-order valence-corrected chi connectivity index (χ0v) is 27.2. The van der Waals surface area contributed by atoms with Gasteiger partial charge in [0.2, 0.25) is 0 Å². The maximum absolute atomic E-state index is 5.07. The van der Waals surface area contributed by atoms with Gasteiger partial charge in [-0.2, -0.15) is 0 Å². The van der Waals surface area contributed by atoms with Crippen molar-refractivity contribution in [1.82, 2.24) is 4.98 Å². The van der Waals surface area contributed by atoms with Gasteiger partial charge < -0.3 is 0 Å². The second kappa shape index (κ2) is 9.42. The van der Waals surface area contributed by atoms with Gasteiger partial charge in [-0.05, 0) is 67.9 Å². The van der Waals surface area contributed by atoms with Crippen molar-refractivity contribution in [3.8, 4) is 11.3 Å².